The standard InChI is InChI=1S/C13H29NO5/c1-12(2)14-4-5-17-6-7-18-8-9-19-11-13(15)10-16-3/h12-15H,4-11H2,1-3H3. The summed E-state index contributed by atoms with van der Waals surface area (Å²) in [7, 11) is 1.54. The van der Waals surface area contributed by atoms with E-state index in [1.807, 2.05) is 0 Å². The van der Waals surface area contributed by atoms with Gasteiger partial charge < -0.3 is 29.4 Å². The average Bonchev–Trinajstić information content (AvgIpc) is 2.36. The van der Waals surface area contributed by atoms with Gasteiger partial charge in [-0.25, -0.2) is 0 Å². The van der Waals surface area contributed by atoms with Crippen LogP contribution in [0.5, 0.6) is 0 Å². The summed E-state index contributed by atoms with van der Waals surface area (Å²) in [5, 5.41) is 12.6. The van der Waals surface area contributed by atoms with Crippen LogP contribution >= 0.6 is 0 Å². The van der Waals surface area contributed by atoms with Gasteiger partial charge in [0.25, 0.3) is 0 Å². The number of hydrogen-bond acceptors (Lipinski definition) is 6. The molecule has 6 nitrogen and oxygen atoms in total. The molecule has 0 aromatic heterocycles. The fourth-order valence-electron chi connectivity index (χ4n) is 1.32. The fourth-order valence-corrected chi connectivity index (χ4v) is 1.32. The molecule has 0 aliphatic heterocycles. The molecule has 1 unspecified atom stereocenters. The van der Waals surface area contributed by atoms with Crippen molar-refractivity contribution in [3.05, 3.63) is 0 Å². The van der Waals surface area contributed by atoms with Gasteiger partial charge in [0.15, 0.2) is 0 Å². The molecule has 0 aromatic rings. The zero-order valence-corrected chi connectivity index (χ0v) is 12.4. The van der Waals surface area contributed by atoms with Crippen molar-refractivity contribution in [2.75, 3.05) is 59.9 Å². The van der Waals surface area contributed by atoms with E-state index >= 15 is 0 Å². The van der Waals surface area contributed by atoms with Crippen LogP contribution in [0.2, 0.25) is 0 Å². The molecule has 0 saturated carbocycles. The van der Waals surface area contributed by atoms with Gasteiger partial charge >= 0.3 is 0 Å². The normalized spacial score (nSPS) is 13.1. The highest BCUT2D eigenvalue weighted by Gasteiger charge is 2.02. The maximum Gasteiger partial charge on any atom is 0.101 e. The quantitative estimate of drug-likeness (QED) is 0.438. The average molecular weight is 279 g/mol. The van der Waals surface area contributed by atoms with Gasteiger partial charge in [-0.2, -0.15) is 0 Å². The minimum Gasteiger partial charge on any atom is -0.388 e. The molecule has 2 N–H and O–H groups in total. The molecule has 116 valence electrons. The molecule has 0 saturated heterocycles. The topological polar surface area (TPSA) is 69.2 Å². The predicted octanol–water partition coefficient (Wildman–Crippen LogP) is 0.0415. The number of hydrogen-bond donors (Lipinski definition) is 2. The van der Waals surface area contributed by atoms with Crippen molar-refractivity contribution in [3.63, 3.8) is 0 Å². The summed E-state index contributed by atoms with van der Waals surface area (Å²) in [5.74, 6) is 0. The highest BCUT2D eigenvalue weighted by molar-refractivity contribution is 4.51. The van der Waals surface area contributed by atoms with E-state index < -0.39 is 6.10 Å². The van der Waals surface area contributed by atoms with Crippen LogP contribution in [0.4, 0.5) is 0 Å². The summed E-state index contributed by atoms with van der Waals surface area (Å²) in [5.41, 5.74) is 0. The molecular weight excluding hydrogens is 250 g/mol. The van der Waals surface area contributed by atoms with E-state index in [1.54, 1.807) is 7.11 Å². The van der Waals surface area contributed by atoms with Gasteiger partial charge in [0.05, 0.1) is 46.2 Å². The number of nitrogens with one attached hydrogen (secondary N) is 1. The Morgan fingerprint density at radius 3 is 2.05 bits per heavy atom. The highest BCUT2D eigenvalue weighted by Crippen LogP contribution is 1.87. The first kappa shape index (κ1) is 18.8. The summed E-state index contributed by atoms with van der Waals surface area (Å²) in [6, 6.07) is 0.491. The molecule has 0 heterocycles. The lowest BCUT2D eigenvalue weighted by molar-refractivity contribution is -0.0290. The minimum atomic E-state index is -0.568. The van der Waals surface area contributed by atoms with Crippen LogP contribution in [0, 0.1) is 0 Å². The lowest BCUT2D eigenvalue weighted by atomic mass is 10.4. The van der Waals surface area contributed by atoms with Gasteiger partial charge in [0, 0.05) is 19.7 Å². The van der Waals surface area contributed by atoms with Crippen molar-refractivity contribution < 1.29 is 24.1 Å². The first-order valence-corrected chi connectivity index (χ1v) is 6.80. The van der Waals surface area contributed by atoms with Gasteiger partial charge in [-0.05, 0) is 0 Å². The predicted molar refractivity (Wildman–Crippen MR) is 73.5 cm³/mol. The molecule has 0 amide bonds. The minimum absolute atomic E-state index is 0.272. The fraction of sp³-hybridized carbons (Fsp3) is 1.00. The Morgan fingerprint density at radius 2 is 1.47 bits per heavy atom. The number of ether oxygens (including phenoxy) is 4. The molecule has 0 aromatic carbocycles. The second-order valence-electron chi connectivity index (χ2n) is 4.52. The number of rotatable bonds is 14. The molecule has 1 atom stereocenters. The second kappa shape index (κ2) is 14.2. The van der Waals surface area contributed by atoms with Crippen molar-refractivity contribution in [1.82, 2.24) is 5.32 Å². The molecule has 0 fully saturated rings. The Balaban J connectivity index is 3.03. The van der Waals surface area contributed by atoms with Crippen molar-refractivity contribution in [3.8, 4) is 0 Å². The Hall–Kier alpha value is -0.240. The van der Waals surface area contributed by atoms with Gasteiger partial charge in [0.2, 0.25) is 0 Å². The summed E-state index contributed by atoms with van der Waals surface area (Å²) >= 11 is 0. The maximum absolute atomic E-state index is 9.29. The van der Waals surface area contributed by atoms with E-state index in [4.69, 9.17) is 18.9 Å². The highest BCUT2D eigenvalue weighted by atomic mass is 16.5. The molecule has 0 radical (unpaired) electrons. The molecule has 0 aliphatic carbocycles. The Bertz CT molecular complexity index is 180. The molecule has 19 heavy (non-hydrogen) atoms. The largest absolute Gasteiger partial charge is 0.388 e. The molecule has 0 bridgehead atoms. The lowest BCUT2D eigenvalue weighted by Gasteiger charge is -2.11. The number of aliphatic hydroxyl groups excluding tert-OH is 1. The third-order valence-corrected chi connectivity index (χ3v) is 2.21. The molecule has 0 spiro atoms. The zero-order valence-electron chi connectivity index (χ0n) is 12.4. The summed E-state index contributed by atoms with van der Waals surface area (Å²) < 4.78 is 20.7. The third-order valence-electron chi connectivity index (χ3n) is 2.21. The first-order valence-electron chi connectivity index (χ1n) is 6.80. The monoisotopic (exact) mass is 279 g/mol. The third kappa shape index (κ3) is 15.7. The first-order chi connectivity index (χ1) is 9.16. The van der Waals surface area contributed by atoms with E-state index in [0.29, 0.717) is 45.7 Å². The molecular formula is C13H29NO5. The van der Waals surface area contributed by atoms with E-state index in [1.165, 1.54) is 0 Å². The van der Waals surface area contributed by atoms with Crippen LogP contribution in [0.3, 0.4) is 0 Å². The summed E-state index contributed by atoms with van der Waals surface area (Å²) in [6.45, 7) is 8.45. The van der Waals surface area contributed by atoms with Gasteiger partial charge in [-0.15, -0.1) is 0 Å². The van der Waals surface area contributed by atoms with E-state index in [0.717, 1.165) is 6.54 Å². The Labute approximate surface area is 116 Å². The number of aliphatic hydroxyl groups is 1. The van der Waals surface area contributed by atoms with E-state index in [-0.39, 0.29) is 6.61 Å². The van der Waals surface area contributed by atoms with Crippen LogP contribution in [0.1, 0.15) is 13.8 Å². The van der Waals surface area contributed by atoms with Crippen LogP contribution in [-0.2, 0) is 18.9 Å². The maximum atomic E-state index is 9.29. The Morgan fingerprint density at radius 1 is 0.895 bits per heavy atom. The van der Waals surface area contributed by atoms with Gasteiger partial charge in [-0.1, -0.05) is 13.8 Å². The summed E-state index contributed by atoms with van der Waals surface area (Å²) in [4.78, 5) is 0. The second-order valence-corrected chi connectivity index (χ2v) is 4.52. The smallest absolute Gasteiger partial charge is 0.101 e. The van der Waals surface area contributed by atoms with Crippen LogP contribution in [0.25, 0.3) is 0 Å². The van der Waals surface area contributed by atoms with Crippen molar-refractivity contribution in [2.24, 2.45) is 0 Å². The van der Waals surface area contributed by atoms with E-state index in [9.17, 15) is 5.11 Å². The van der Waals surface area contributed by atoms with Crippen LogP contribution < -0.4 is 5.32 Å². The van der Waals surface area contributed by atoms with Gasteiger partial charge in [0.1, 0.15) is 6.10 Å². The van der Waals surface area contributed by atoms with Crippen molar-refractivity contribution in [1.29, 1.82) is 0 Å². The van der Waals surface area contributed by atoms with E-state index in [2.05, 4.69) is 19.2 Å². The van der Waals surface area contributed by atoms with Gasteiger partial charge in [-0.3, -0.25) is 0 Å². The Kier molecular flexibility index (Phi) is 14.0. The molecule has 6 heteroatoms. The van der Waals surface area contributed by atoms with Crippen molar-refractivity contribution >= 4 is 0 Å². The SMILES string of the molecule is COCC(O)COCCOCCOCCNC(C)C. The molecule has 0 rings (SSSR count). The lowest BCUT2D eigenvalue weighted by Crippen LogP contribution is -2.27. The van der Waals surface area contributed by atoms with Crippen molar-refractivity contribution in [2.45, 2.75) is 26.0 Å². The van der Waals surface area contributed by atoms with Crippen LogP contribution in [0.15, 0.2) is 0 Å². The summed E-state index contributed by atoms with van der Waals surface area (Å²) in [6.07, 6.45) is -0.568. The molecule has 0 aliphatic rings. The van der Waals surface area contributed by atoms with Crippen LogP contribution in [-0.4, -0.2) is 77.2 Å². The zero-order chi connectivity index (χ0) is 14.3. The number of methoxy groups -OCH3 is 1.